The Morgan fingerprint density at radius 2 is 1.78 bits per heavy atom. The summed E-state index contributed by atoms with van der Waals surface area (Å²) in [6.07, 6.45) is -1.26. The number of sulfonamides is 1. The van der Waals surface area contributed by atoms with Crippen molar-refractivity contribution in [2.24, 2.45) is 0 Å². The summed E-state index contributed by atoms with van der Waals surface area (Å²) < 4.78 is 118. The van der Waals surface area contributed by atoms with Crippen LogP contribution >= 0.6 is 0 Å². The SMILES string of the molecule is CCS(=O)(=O)N[C@@H]1[C@H](Cc2cccc(-c3cc(F)c(F)cc3F)c2F)N(C(=O)C2CCO2)CC1(F)F. The summed E-state index contributed by atoms with van der Waals surface area (Å²) in [5.41, 5.74) is -1.31. The van der Waals surface area contributed by atoms with Gasteiger partial charge in [-0.05, 0) is 25.0 Å². The van der Waals surface area contributed by atoms with E-state index >= 15 is 13.2 Å². The van der Waals surface area contributed by atoms with Crippen molar-refractivity contribution in [2.75, 3.05) is 18.9 Å². The molecule has 0 aliphatic carbocycles. The van der Waals surface area contributed by atoms with Gasteiger partial charge in [-0.2, -0.15) is 0 Å². The first-order valence-electron chi connectivity index (χ1n) is 11.1. The number of halogens is 6. The quantitative estimate of drug-likeness (QED) is 0.435. The fourth-order valence-electron chi connectivity index (χ4n) is 4.33. The molecule has 2 aromatic rings. The Morgan fingerprint density at radius 3 is 2.39 bits per heavy atom. The fraction of sp³-hybridized carbons (Fsp3) is 0.435. The average molecular weight is 536 g/mol. The lowest BCUT2D eigenvalue weighted by Crippen LogP contribution is -2.54. The summed E-state index contributed by atoms with van der Waals surface area (Å²) in [6.45, 7) is 0.384. The molecule has 0 saturated carbocycles. The molecule has 4 rings (SSSR count). The van der Waals surface area contributed by atoms with E-state index < -0.39 is 93.2 Å². The molecule has 2 saturated heterocycles. The molecule has 0 aromatic heterocycles. The van der Waals surface area contributed by atoms with Gasteiger partial charge in [-0.15, -0.1) is 0 Å². The third-order valence-corrected chi connectivity index (χ3v) is 7.75. The Morgan fingerprint density at radius 1 is 1.11 bits per heavy atom. The van der Waals surface area contributed by atoms with Gasteiger partial charge in [0.25, 0.3) is 11.8 Å². The number of likely N-dealkylation sites (tertiary alicyclic amines) is 1. The lowest BCUT2D eigenvalue weighted by molar-refractivity contribution is -0.158. The van der Waals surface area contributed by atoms with Crippen LogP contribution in [0, 0.1) is 23.3 Å². The van der Waals surface area contributed by atoms with E-state index in [0.717, 1.165) is 11.0 Å². The molecule has 1 amide bonds. The molecule has 2 heterocycles. The van der Waals surface area contributed by atoms with Crippen LogP contribution in [0.1, 0.15) is 18.9 Å². The van der Waals surface area contributed by atoms with Crippen LogP contribution in [0.15, 0.2) is 30.3 Å². The van der Waals surface area contributed by atoms with Crippen molar-refractivity contribution in [3.05, 3.63) is 59.2 Å². The first kappa shape index (κ1) is 26.4. The second-order valence-electron chi connectivity index (χ2n) is 8.67. The molecule has 0 radical (unpaired) electrons. The lowest BCUT2D eigenvalue weighted by atomic mass is 9.94. The number of benzene rings is 2. The van der Waals surface area contributed by atoms with Crippen LogP contribution in [0.5, 0.6) is 0 Å². The van der Waals surface area contributed by atoms with Gasteiger partial charge in [-0.3, -0.25) is 4.79 Å². The summed E-state index contributed by atoms with van der Waals surface area (Å²) in [5.74, 6) is -10.2. The lowest BCUT2D eigenvalue weighted by Gasteiger charge is -2.34. The Labute approximate surface area is 203 Å². The van der Waals surface area contributed by atoms with E-state index in [1.165, 1.54) is 19.1 Å². The molecular formula is C23H22F6N2O4S. The van der Waals surface area contributed by atoms with Crippen molar-refractivity contribution in [3.8, 4) is 11.1 Å². The van der Waals surface area contributed by atoms with Crippen molar-refractivity contribution in [2.45, 2.75) is 43.9 Å². The molecule has 196 valence electrons. The van der Waals surface area contributed by atoms with Gasteiger partial charge in [0.15, 0.2) is 11.6 Å². The Hall–Kier alpha value is -2.64. The minimum atomic E-state index is -4.16. The second-order valence-corrected chi connectivity index (χ2v) is 10.7. The number of hydrogen-bond donors (Lipinski definition) is 1. The normalized spacial score (nSPS) is 23.5. The Kier molecular flexibility index (Phi) is 7.10. The van der Waals surface area contributed by atoms with Gasteiger partial charge in [-0.1, -0.05) is 18.2 Å². The first-order chi connectivity index (χ1) is 16.8. The van der Waals surface area contributed by atoms with Gasteiger partial charge < -0.3 is 9.64 Å². The first-order valence-corrected chi connectivity index (χ1v) is 12.7. The van der Waals surface area contributed by atoms with Crippen LogP contribution in [-0.4, -0.2) is 62.2 Å². The highest BCUT2D eigenvalue weighted by Crippen LogP contribution is 2.38. The summed E-state index contributed by atoms with van der Waals surface area (Å²) in [5, 5.41) is 0. The summed E-state index contributed by atoms with van der Waals surface area (Å²) in [6, 6.07) is 0.684. The maximum Gasteiger partial charge on any atom is 0.283 e. The molecule has 13 heteroatoms. The van der Waals surface area contributed by atoms with Gasteiger partial charge in [0.1, 0.15) is 23.8 Å². The minimum Gasteiger partial charge on any atom is -0.368 e. The zero-order chi connectivity index (χ0) is 26.4. The predicted octanol–water partition coefficient (Wildman–Crippen LogP) is 3.40. The molecule has 0 spiro atoms. The number of rotatable bonds is 7. The van der Waals surface area contributed by atoms with Gasteiger partial charge in [0.05, 0.1) is 24.9 Å². The smallest absolute Gasteiger partial charge is 0.283 e. The molecule has 0 bridgehead atoms. The van der Waals surface area contributed by atoms with Gasteiger partial charge >= 0.3 is 0 Å². The molecule has 1 N–H and O–H groups in total. The van der Waals surface area contributed by atoms with Crippen molar-refractivity contribution in [1.82, 2.24) is 9.62 Å². The second kappa shape index (κ2) is 9.67. The highest BCUT2D eigenvalue weighted by atomic mass is 32.2. The number of hydrogen-bond acceptors (Lipinski definition) is 4. The van der Waals surface area contributed by atoms with E-state index in [1.54, 1.807) is 0 Å². The molecule has 6 nitrogen and oxygen atoms in total. The van der Waals surface area contributed by atoms with Gasteiger partial charge in [0.2, 0.25) is 10.0 Å². The van der Waals surface area contributed by atoms with Crippen molar-refractivity contribution in [1.29, 1.82) is 0 Å². The van der Waals surface area contributed by atoms with Crippen LogP contribution in [0.3, 0.4) is 0 Å². The van der Waals surface area contributed by atoms with Crippen LogP contribution in [0.4, 0.5) is 26.3 Å². The van der Waals surface area contributed by atoms with Crippen LogP contribution < -0.4 is 4.72 Å². The number of amides is 1. The van der Waals surface area contributed by atoms with Crippen LogP contribution in [0.2, 0.25) is 0 Å². The standard InChI is InChI=1S/C23H22F6N2O4S/c1-2-36(33,34)30-21-18(31(11-23(21,28)29)22(32)19-6-7-35-19)8-12-4-3-5-13(20(12)27)14-9-16(25)17(26)10-15(14)24/h3-5,9-10,18-19,21,30H,2,6-8,11H2,1H3/t18-,19?,21+/m0/s1. The van der Waals surface area contributed by atoms with Crippen LogP contribution in [0.25, 0.3) is 11.1 Å². The molecular weight excluding hydrogens is 514 g/mol. The zero-order valence-corrected chi connectivity index (χ0v) is 19.7. The summed E-state index contributed by atoms with van der Waals surface area (Å²) in [4.78, 5) is 13.6. The molecule has 3 atom stereocenters. The predicted molar refractivity (Wildman–Crippen MR) is 117 cm³/mol. The molecule has 1 unspecified atom stereocenters. The largest absolute Gasteiger partial charge is 0.368 e. The number of carbonyl (C=O) groups excluding carboxylic acids is 1. The van der Waals surface area contributed by atoms with Crippen molar-refractivity contribution in [3.63, 3.8) is 0 Å². The van der Waals surface area contributed by atoms with E-state index in [-0.39, 0.29) is 24.7 Å². The third-order valence-electron chi connectivity index (χ3n) is 6.37. The monoisotopic (exact) mass is 536 g/mol. The summed E-state index contributed by atoms with van der Waals surface area (Å²) >= 11 is 0. The molecule has 2 aliphatic heterocycles. The number of alkyl halides is 2. The van der Waals surface area contributed by atoms with Gasteiger partial charge in [-0.25, -0.2) is 39.5 Å². The maximum atomic E-state index is 15.5. The van der Waals surface area contributed by atoms with E-state index in [0.29, 0.717) is 6.07 Å². The third kappa shape index (κ3) is 4.96. The molecule has 2 aliphatic rings. The number of nitrogens with zero attached hydrogens (tertiary/aromatic N) is 1. The van der Waals surface area contributed by atoms with Crippen molar-refractivity contribution >= 4 is 15.9 Å². The van der Waals surface area contributed by atoms with Gasteiger partial charge in [0, 0.05) is 23.6 Å². The van der Waals surface area contributed by atoms with E-state index in [4.69, 9.17) is 4.74 Å². The molecule has 2 fully saturated rings. The van der Waals surface area contributed by atoms with E-state index in [1.807, 2.05) is 4.72 Å². The van der Waals surface area contributed by atoms with E-state index in [9.17, 15) is 26.4 Å². The Bertz CT molecular complexity index is 1290. The highest BCUT2D eigenvalue weighted by molar-refractivity contribution is 7.89. The Balaban J connectivity index is 1.75. The number of carbonyl (C=O) groups is 1. The van der Waals surface area contributed by atoms with Crippen molar-refractivity contribution < 1.29 is 44.3 Å². The average Bonchev–Trinajstić information content (AvgIpc) is 3.01. The topological polar surface area (TPSA) is 75.7 Å². The summed E-state index contributed by atoms with van der Waals surface area (Å²) in [7, 11) is -4.16. The van der Waals surface area contributed by atoms with Crippen LogP contribution in [-0.2, 0) is 26.0 Å². The van der Waals surface area contributed by atoms with E-state index in [2.05, 4.69) is 0 Å². The maximum absolute atomic E-state index is 15.5. The highest BCUT2D eigenvalue weighted by Gasteiger charge is 2.58. The minimum absolute atomic E-state index is 0.253. The molecule has 2 aromatic carbocycles. The number of nitrogens with one attached hydrogen (secondary N) is 1. The molecule has 36 heavy (non-hydrogen) atoms. The fourth-order valence-corrected chi connectivity index (χ4v) is 5.21. The zero-order valence-electron chi connectivity index (χ0n) is 18.9. The number of ether oxygens (including phenoxy) is 1.